The zero-order valence-electron chi connectivity index (χ0n) is 21.0. The number of nitrogens with one attached hydrogen (secondary N) is 1. The van der Waals surface area contributed by atoms with Gasteiger partial charge in [0.2, 0.25) is 0 Å². The van der Waals surface area contributed by atoms with Gasteiger partial charge in [-0.05, 0) is 63.1 Å². The van der Waals surface area contributed by atoms with Gasteiger partial charge in [0, 0.05) is 39.1 Å². The van der Waals surface area contributed by atoms with Crippen molar-refractivity contribution in [3.05, 3.63) is 46.9 Å². The van der Waals surface area contributed by atoms with Gasteiger partial charge < -0.3 is 15.1 Å². The maximum atomic E-state index is 13.8. The molecule has 0 aliphatic carbocycles. The first-order valence-electron chi connectivity index (χ1n) is 12.3. The fourth-order valence-corrected chi connectivity index (χ4v) is 4.99. The molecule has 1 N–H and O–H groups in total. The number of nitrogens with zero attached hydrogens (tertiary/aromatic N) is 7. The number of hydrogen-bond donors (Lipinski definition) is 1. The van der Waals surface area contributed by atoms with Crippen molar-refractivity contribution in [2.24, 2.45) is 0 Å². The van der Waals surface area contributed by atoms with Crippen LogP contribution in [0.5, 0.6) is 0 Å². The smallest absolute Gasteiger partial charge is 0.357 e. The lowest BCUT2D eigenvalue weighted by atomic mass is 10.0. The van der Waals surface area contributed by atoms with E-state index in [1.54, 1.807) is 6.07 Å². The highest BCUT2D eigenvalue weighted by molar-refractivity contribution is 5.58. The van der Waals surface area contributed by atoms with Crippen molar-refractivity contribution in [1.29, 1.82) is 0 Å². The summed E-state index contributed by atoms with van der Waals surface area (Å²) in [5.74, 6) is 2.15. The predicted molar refractivity (Wildman–Crippen MR) is 132 cm³/mol. The fraction of sp³-hybridized carbons (Fsp3) is 0.520. The fourth-order valence-electron chi connectivity index (χ4n) is 4.99. The minimum absolute atomic E-state index is 0.0249. The normalized spacial score (nSPS) is 17.4. The molecule has 0 spiro atoms. The average molecular weight is 501 g/mol. The molecule has 0 aromatic carbocycles. The average Bonchev–Trinajstić information content (AvgIpc) is 3.47. The summed E-state index contributed by atoms with van der Waals surface area (Å²) < 4.78 is 42.6. The zero-order chi connectivity index (χ0) is 25.6. The number of rotatable bonds is 6. The van der Waals surface area contributed by atoms with E-state index in [-0.39, 0.29) is 12.2 Å². The number of alkyl halides is 3. The van der Waals surface area contributed by atoms with Crippen LogP contribution in [0.4, 0.5) is 24.8 Å². The number of aryl methyl sites for hydroxylation is 1. The Bertz CT molecular complexity index is 1250. The third kappa shape index (κ3) is 4.40. The Morgan fingerprint density at radius 2 is 1.97 bits per heavy atom. The first-order chi connectivity index (χ1) is 17.2. The van der Waals surface area contributed by atoms with E-state index >= 15 is 0 Å². The molecular weight excluding hydrogens is 469 g/mol. The summed E-state index contributed by atoms with van der Waals surface area (Å²) in [6.45, 7) is 6.17. The van der Waals surface area contributed by atoms with Gasteiger partial charge in [0.15, 0.2) is 5.82 Å². The van der Waals surface area contributed by atoms with Gasteiger partial charge in [-0.25, -0.2) is 9.97 Å². The van der Waals surface area contributed by atoms with Crippen LogP contribution >= 0.6 is 0 Å². The van der Waals surface area contributed by atoms with E-state index in [0.717, 1.165) is 17.1 Å². The van der Waals surface area contributed by atoms with Gasteiger partial charge in [-0.1, -0.05) is 6.07 Å². The van der Waals surface area contributed by atoms with Crippen LogP contribution in [0, 0.1) is 0 Å². The number of hydrogen-bond acceptors (Lipinski definition) is 7. The Kier molecular flexibility index (Phi) is 6.36. The van der Waals surface area contributed by atoms with Gasteiger partial charge in [0.1, 0.15) is 29.2 Å². The summed E-state index contributed by atoms with van der Waals surface area (Å²) in [6, 6.07) is 6.22. The second-order valence-electron chi connectivity index (χ2n) is 9.80. The van der Waals surface area contributed by atoms with Crippen molar-refractivity contribution >= 4 is 11.6 Å². The molecule has 0 bridgehead atoms. The lowest BCUT2D eigenvalue weighted by molar-refractivity contribution is -0.171. The standard InChI is InChI=1S/C25H31F3N8/c1-15(2)34(4)23-11-16-13-35(14-17(16)19(31-23)12-29-3)21-9-5-7-18(30-21)24-33-32-22-10-6-8-20(36(22)24)25(26,27)28/h5,7,9,11,15,20,29H,6,8,10,12-14H2,1-4H3. The van der Waals surface area contributed by atoms with Crippen LogP contribution in [0.1, 0.15) is 55.4 Å². The van der Waals surface area contributed by atoms with E-state index < -0.39 is 12.2 Å². The highest BCUT2D eigenvalue weighted by Crippen LogP contribution is 2.40. The van der Waals surface area contributed by atoms with Crippen LogP contribution in [-0.4, -0.2) is 51.0 Å². The van der Waals surface area contributed by atoms with E-state index in [9.17, 15) is 13.2 Å². The van der Waals surface area contributed by atoms with Gasteiger partial charge in [0.05, 0.1) is 5.69 Å². The number of anilines is 2. The molecule has 36 heavy (non-hydrogen) atoms. The van der Waals surface area contributed by atoms with Crippen LogP contribution in [0.15, 0.2) is 24.3 Å². The molecule has 11 heteroatoms. The van der Waals surface area contributed by atoms with Crippen molar-refractivity contribution < 1.29 is 13.2 Å². The second kappa shape index (κ2) is 9.34. The number of halogens is 3. The summed E-state index contributed by atoms with van der Waals surface area (Å²) >= 11 is 0. The van der Waals surface area contributed by atoms with E-state index in [1.807, 2.05) is 26.2 Å². The molecule has 5 heterocycles. The monoisotopic (exact) mass is 500 g/mol. The van der Waals surface area contributed by atoms with E-state index in [4.69, 9.17) is 9.97 Å². The van der Waals surface area contributed by atoms with Crippen LogP contribution in [0.3, 0.4) is 0 Å². The second-order valence-corrected chi connectivity index (χ2v) is 9.80. The lowest BCUT2D eigenvalue weighted by Crippen LogP contribution is -2.31. The first kappa shape index (κ1) is 24.5. The molecule has 0 saturated carbocycles. The van der Waals surface area contributed by atoms with Crippen molar-refractivity contribution in [3.63, 3.8) is 0 Å². The van der Waals surface area contributed by atoms with Crippen molar-refractivity contribution in [2.45, 2.75) is 71.0 Å². The molecular formula is C25H31F3N8. The van der Waals surface area contributed by atoms with Gasteiger partial charge in [-0.15, -0.1) is 10.2 Å². The Hall–Kier alpha value is -3.21. The Morgan fingerprint density at radius 1 is 1.17 bits per heavy atom. The third-order valence-electron chi connectivity index (χ3n) is 7.10. The molecule has 0 amide bonds. The van der Waals surface area contributed by atoms with Crippen LogP contribution in [0.25, 0.3) is 11.5 Å². The Labute approximate surface area is 208 Å². The van der Waals surface area contributed by atoms with Crippen molar-refractivity contribution in [2.75, 3.05) is 23.9 Å². The quantitative estimate of drug-likeness (QED) is 0.542. The van der Waals surface area contributed by atoms with Crippen molar-refractivity contribution in [1.82, 2.24) is 30.0 Å². The molecule has 5 rings (SSSR count). The van der Waals surface area contributed by atoms with Crippen molar-refractivity contribution in [3.8, 4) is 11.5 Å². The summed E-state index contributed by atoms with van der Waals surface area (Å²) in [5, 5.41) is 11.4. The molecule has 0 fully saturated rings. The summed E-state index contributed by atoms with van der Waals surface area (Å²) in [7, 11) is 3.94. The molecule has 8 nitrogen and oxygen atoms in total. The third-order valence-corrected chi connectivity index (χ3v) is 7.10. The van der Waals surface area contributed by atoms with Gasteiger partial charge in [0.25, 0.3) is 0 Å². The molecule has 192 valence electrons. The minimum Gasteiger partial charge on any atom is -0.357 e. The first-order valence-corrected chi connectivity index (χ1v) is 12.3. The topological polar surface area (TPSA) is 75.0 Å². The maximum Gasteiger partial charge on any atom is 0.409 e. The molecule has 2 aliphatic heterocycles. The summed E-state index contributed by atoms with van der Waals surface area (Å²) in [4.78, 5) is 13.9. The zero-order valence-corrected chi connectivity index (χ0v) is 21.0. The van der Waals surface area contributed by atoms with Crippen LogP contribution in [-0.2, 0) is 26.1 Å². The molecule has 3 aromatic heterocycles. The van der Waals surface area contributed by atoms with Crippen LogP contribution < -0.4 is 15.1 Å². The molecule has 2 aliphatic rings. The van der Waals surface area contributed by atoms with E-state index in [0.29, 0.717) is 55.9 Å². The maximum absolute atomic E-state index is 13.8. The summed E-state index contributed by atoms with van der Waals surface area (Å²) in [6.07, 6.45) is -3.41. The lowest BCUT2D eigenvalue weighted by Gasteiger charge is -2.28. The van der Waals surface area contributed by atoms with Gasteiger partial charge >= 0.3 is 6.18 Å². The molecule has 0 radical (unpaired) electrons. The summed E-state index contributed by atoms with van der Waals surface area (Å²) in [5.41, 5.74) is 3.74. The van der Waals surface area contributed by atoms with E-state index in [2.05, 4.69) is 45.2 Å². The minimum atomic E-state index is -4.36. The highest BCUT2D eigenvalue weighted by atomic mass is 19.4. The SMILES string of the molecule is CNCc1nc(N(C)C(C)C)cc2c1CN(c1cccc(-c3nnc4n3C(C(F)(F)F)CCC4)n1)C2. The van der Waals surface area contributed by atoms with Gasteiger partial charge in [-0.2, -0.15) is 13.2 Å². The van der Waals surface area contributed by atoms with E-state index in [1.165, 1.54) is 10.1 Å². The van der Waals surface area contributed by atoms with Crippen LogP contribution in [0.2, 0.25) is 0 Å². The Morgan fingerprint density at radius 3 is 2.69 bits per heavy atom. The largest absolute Gasteiger partial charge is 0.409 e. The molecule has 0 saturated heterocycles. The molecule has 3 aromatic rings. The highest BCUT2D eigenvalue weighted by Gasteiger charge is 2.45. The number of fused-ring (bicyclic) bond motifs is 2. The van der Waals surface area contributed by atoms with Gasteiger partial charge in [-0.3, -0.25) is 4.57 Å². The molecule has 1 atom stereocenters. The number of pyridine rings is 2. The Balaban J connectivity index is 1.48. The number of aromatic nitrogens is 5. The molecule has 1 unspecified atom stereocenters. The predicted octanol–water partition coefficient (Wildman–Crippen LogP) is 4.26.